The van der Waals surface area contributed by atoms with E-state index in [1.54, 1.807) is 35.9 Å². The summed E-state index contributed by atoms with van der Waals surface area (Å²) in [4.78, 5) is 16.0. The number of halogens is 2. The molecule has 3 rings (SSSR count). The Morgan fingerprint density at radius 2 is 1.68 bits per heavy atom. The van der Waals surface area contributed by atoms with Gasteiger partial charge in [-0.15, -0.1) is 5.10 Å². The van der Waals surface area contributed by atoms with Crippen LogP contribution >= 0.6 is 23.2 Å². The van der Waals surface area contributed by atoms with Gasteiger partial charge in [-0.25, -0.2) is 9.48 Å². The molecule has 0 bridgehead atoms. The van der Waals surface area contributed by atoms with Gasteiger partial charge in [-0.2, -0.15) is 4.98 Å². The SMILES string of the molecule is CCOC(=O)Nc1nc(-c2ccc(Cl)cc2)n(-c2ccc(Cl)cc2)n1. The Bertz CT molecular complexity index is 814. The lowest BCUT2D eigenvalue weighted by molar-refractivity contribution is 0.167. The van der Waals surface area contributed by atoms with Crippen molar-refractivity contribution in [1.29, 1.82) is 0 Å². The summed E-state index contributed by atoms with van der Waals surface area (Å²) in [6, 6.07) is 14.3. The molecule has 2 aromatic carbocycles. The fourth-order valence-electron chi connectivity index (χ4n) is 2.17. The molecule has 0 radical (unpaired) electrons. The third-order valence-corrected chi connectivity index (χ3v) is 3.77. The maximum absolute atomic E-state index is 11.6. The zero-order chi connectivity index (χ0) is 17.8. The fraction of sp³-hybridized carbons (Fsp3) is 0.118. The van der Waals surface area contributed by atoms with Crippen LogP contribution in [0.5, 0.6) is 0 Å². The van der Waals surface area contributed by atoms with Gasteiger partial charge < -0.3 is 4.74 Å². The second kappa shape index (κ2) is 7.55. The third kappa shape index (κ3) is 4.10. The van der Waals surface area contributed by atoms with E-state index in [4.69, 9.17) is 27.9 Å². The van der Waals surface area contributed by atoms with Gasteiger partial charge in [0.2, 0.25) is 0 Å². The number of carbonyl (C=O) groups excluding carboxylic acids is 1. The van der Waals surface area contributed by atoms with Crippen molar-refractivity contribution in [3.8, 4) is 17.1 Å². The Kier molecular flexibility index (Phi) is 5.21. The number of amides is 1. The molecule has 1 amide bonds. The highest BCUT2D eigenvalue weighted by Crippen LogP contribution is 2.25. The Morgan fingerprint density at radius 1 is 1.08 bits per heavy atom. The van der Waals surface area contributed by atoms with Crippen LogP contribution in [0.2, 0.25) is 10.0 Å². The van der Waals surface area contributed by atoms with Crippen LogP contribution in [-0.2, 0) is 4.74 Å². The van der Waals surface area contributed by atoms with Crippen LogP contribution in [0.3, 0.4) is 0 Å². The Morgan fingerprint density at radius 3 is 2.28 bits per heavy atom. The van der Waals surface area contributed by atoms with Gasteiger partial charge in [-0.05, 0) is 55.5 Å². The minimum absolute atomic E-state index is 0.137. The summed E-state index contributed by atoms with van der Waals surface area (Å²) in [7, 11) is 0. The molecule has 0 aliphatic rings. The Balaban J connectivity index is 2.04. The topological polar surface area (TPSA) is 69.0 Å². The molecule has 1 N–H and O–H groups in total. The summed E-state index contributed by atoms with van der Waals surface area (Å²) < 4.78 is 6.48. The molecule has 0 atom stereocenters. The van der Waals surface area contributed by atoms with Gasteiger partial charge in [0.05, 0.1) is 12.3 Å². The number of anilines is 1. The zero-order valence-electron chi connectivity index (χ0n) is 13.2. The molecule has 8 heteroatoms. The second-order valence-electron chi connectivity index (χ2n) is 5.00. The monoisotopic (exact) mass is 376 g/mol. The van der Waals surface area contributed by atoms with Crippen molar-refractivity contribution in [2.75, 3.05) is 11.9 Å². The molecule has 6 nitrogen and oxygen atoms in total. The molecule has 3 aromatic rings. The molecule has 0 fully saturated rings. The first-order chi connectivity index (χ1) is 12.1. The summed E-state index contributed by atoms with van der Waals surface area (Å²) in [6.07, 6.45) is -0.613. The highest BCUT2D eigenvalue weighted by Gasteiger charge is 2.16. The van der Waals surface area contributed by atoms with Crippen molar-refractivity contribution < 1.29 is 9.53 Å². The Labute approximate surface area is 154 Å². The van der Waals surface area contributed by atoms with E-state index in [9.17, 15) is 4.79 Å². The number of benzene rings is 2. The van der Waals surface area contributed by atoms with Crippen LogP contribution in [0.15, 0.2) is 48.5 Å². The molecule has 0 saturated heterocycles. The van der Waals surface area contributed by atoms with Gasteiger partial charge in [0.1, 0.15) is 0 Å². The zero-order valence-corrected chi connectivity index (χ0v) is 14.8. The number of rotatable bonds is 4. The highest BCUT2D eigenvalue weighted by atomic mass is 35.5. The average molecular weight is 377 g/mol. The van der Waals surface area contributed by atoms with Crippen molar-refractivity contribution in [2.45, 2.75) is 6.92 Å². The van der Waals surface area contributed by atoms with Crippen LogP contribution < -0.4 is 5.32 Å². The molecule has 0 aliphatic carbocycles. The number of carbonyl (C=O) groups is 1. The van der Waals surface area contributed by atoms with E-state index in [1.165, 1.54) is 0 Å². The van der Waals surface area contributed by atoms with E-state index in [0.29, 0.717) is 15.9 Å². The maximum Gasteiger partial charge on any atom is 0.414 e. The van der Waals surface area contributed by atoms with Crippen LogP contribution in [0.25, 0.3) is 17.1 Å². The minimum Gasteiger partial charge on any atom is -0.450 e. The van der Waals surface area contributed by atoms with Crippen molar-refractivity contribution in [2.24, 2.45) is 0 Å². The number of ether oxygens (including phenoxy) is 1. The first-order valence-corrected chi connectivity index (χ1v) is 8.25. The van der Waals surface area contributed by atoms with Gasteiger partial charge in [0.25, 0.3) is 5.95 Å². The Hall–Kier alpha value is -2.57. The van der Waals surface area contributed by atoms with Gasteiger partial charge in [-0.3, -0.25) is 5.32 Å². The number of hydrogen-bond donors (Lipinski definition) is 1. The lowest BCUT2D eigenvalue weighted by atomic mass is 10.2. The van der Waals surface area contributed by atoms with Crippen LogP contribution in [-0.4, -0.2) is 27.5 Å². The van der Waals surface area contributed by atoms with Crippen LogP contribution in [0.4, 0.5) is 10.7 Å². The van der Waals surface area contributed by atoms with E-state index in [2.05, 4.69) is 15.4 Å². The van der Waals surface area contributed by atoms with E-state index in [-0.39, 0.29) is 12.6 Å². The normalized spacial score (nSPS) is 10.5. The smallest absolute Gasteiger partial charge is 0.414 e. The predicted molar refractivity (Wildman–Crippen MR) is 97.5 cm³/mol. The van der Waals surface area contributed by atoms with Gasteiger partial charge in [0.15, 0.2) is 5.82 Å². The molecule has 0 aliphatic heterocycles. The molecule has 0 saturated carbocycles. The van der Waals surface area contributed by atoms with Crippen molar-refractivity contribution in [1.82, 2.24) is 14.8 Å². The van der Waals surface area contributed by atoms with Crippen molar-refractivity contribution in [3.63, 3.8) is 0 Å². The second-order valence-corrected chi connectivity index (χ2v) is 5.87. The van der Waals surface area contributed by atoms with Crippen LogP contribution in [0.1, 0.15) is 6.92 Å². The number of nitrogens with zero attached hydrogens (tertiary/aromatic N) is 3. The first-order valence-electron chi connectivity index (χ1n) is 7.49. The molecule has 25 heavy (non-hydrogen) atoms. The van der Waals surface area contributed by atoms with Gasteiger partial charge in [0, 0.05) is 15.6 Å². The first kappa shape index (κ1) is 17.3. The molecular weight excluding hydrogens is 363 g/mol. The summed E-state index contributed by atoms with van der Waals surface area (Å²) in [5.41, 5.74) is 1.54. The van der Waals surface area contributed by atoms with Crippen LogP contribution in [0, 0.1) is 0 Å². The van der Waals surface area contributed by atoms with Crippen molar-refractivity contribution in [3.05, 3.63) is 58.6 Å². The van der Waals surface area contributed by atoms with Gasteiger partial charge in [-0.1, -0.05) is 23.2 Å². The molecule has 128 valence electrons. The standard InChI is InChI=1S/C17H14Cl2N4O2/c1-2-25-17(24)21-16-20-15(11-3-5-12(18)6-4-11)23(22-16)14-9-7-13(19)8-10-14/h3-10H,2H2,1H3,(H,21,22,24). The van der Waals surface area contributed by atoms with E-state index in [1.807, 2.05) is 24.3 Å². The highest BCUT2D eigenvalue weighted by molar-refractivity contribution is 6.30. The largest absolute Gasteiger partial charge is 0.450 e. The molecule has 0 spiro atoms. The summed E-state index contributed by atoms with van der Waals surface area (Å²) in [5, 5.41) is 8.09. The predicted octanol–water partition coefficient (Wildman–Crippen LogP) is 4.81. The summed E-state index contributed by atoms with van der Waals surface area (Å²) >= 11 is 11.9. The van der Waals surface area contributed by atoms with E-state index < -0.39 is 6.09 Å². The number of nitrogens with one attached hydrogen (secondary N) is 1. The fourth-order valence-corrected chi connectivity index (χ4v) is 2.42. The molecule has 1 aromatic heterocycles. The average Bonchev–Trinajstić information content (AvgIpc) is 3.00. The quantitative estimate of drug-likeness (QED) is 0.709. The lowest BCUT2D eigenvalue weighted by Gasteiger charge is -2.06. The van der Waals surface area contributed by atoms with E-state index >= 15 is 0 Å². The van der Waals surface area contributed by atoms with Gasteiger partial charge >= 0.3 is 6.09 Å². The number of aromatic nitrogens is 3. The molecular formula is C17H14Cl2N4O2. The summed E-state index contributed by atoms with van der Waals surface area (Å²) in [6.45, 7) is 1.98. The third-order valence-electron chi connectivity index (χ3n) is 3.27. The number of hydrogen-bond acceptors (Lipinski definition) is 4. The van der Waals surface area contributed by atoms with Crippen molar-refractivity contribution >= 4 is 35.2 Å². The summed E-state index contributed by atoms with van der Waals surface area (Å²) in [5.74, 6) is 0.684. The van der Waals surface area contributed by atoms with E-state index in [0.717, 1.165) is 11.3 Å². The molecule has 1 heterocycles. The maximum atomic E-state index is 11.6. The lowest BCUT2D eigenvalue weighted by Crippen LogP contribution is -2.14. The molecule has 0 unspecified atom stereocenters. The minimum atomic E-state index is -0.613.